The SMILES string of the molecule is COCC(=O)N1CC[C@@]2(O)CCN(Cc3cccc4nonc34)C[C@H]2C1. The highest BCUT2D eigenvalue weighted by Crippen LogP contribution is 2.36. The van der Waals surface area contributed by atoms with E-state index in [1.165, 1.54) is 7.11 Å². The van der Waals surface area contributed by atoms with E-state index in [2.05, 4.69) is 15.2 Å². The molecule has 8 nitrogen and oxygen atoms in total. The number of hydrogen-bond acceptors (Lipinski definition) is 7. The van der Waals surface area contributed by atoms with Crippen molar-refractivity contribution in [1.82, 2.24) is 20.1 Å². The van der Waals surface area contributed by atoms with Gasteiger partial charge < -0.3 is 14.7 Å². The number of hydrogen-bond donors (Lipinski definition) is 1. The first-order valence-corrected chi connectivity index (χ1v) is 9.01. The van der Waals surface area contributed by atoms with E-state index in [1.807, 2.05) is 23.1 Å². The van der Waals surface area contributed by atoms with Crippen LogP contribution in [-0.2, 0) is 16.1 Å². The summed E-state index contributed by atoms with van der Waals surface area (Å²) in [6.07, 6.45) is 1.35. The third-order valence-corrected chi connectivity index (χ3v) is 5.74. The molecule has 3 heterocycles. The summed E-state index contributed by atoms with van der Waals surface area (Å²) in [5, 5.41) is 18.9. The van der Waals surface area contributed by atoms with E-state index in [9.17, 15) is 9.90 Å². The summed E-state index contributed by atoms with van der Waals surface area (Å²) in [4.78, 5) is 16.3. The van der Waals surface area contributed by atoms with Crippen LogP contribution < -0.4 is 0 Å². The summed E-state index contributed by atoms with van der Waals surface area (Å²) in [6.45, 7) is 3.56. The molecule has 2 aliphatic heterocycles. The Morgan fingerprint density at radius 3 is 3.04 bits per heavy atom. The number of methoxy groups -OCH3 is 1. The molecule has 2 atom stereocenters. The molecule has 0 saturated carbocycles. The molecule has 1 amide bonds. The number of rotatable bonds is 4. The summed E-state index contributed by atoms with van der Waals surface area (Å²) in [6, 6.07) is 5.86. The van der Waals surface area contributed by atoms with Gasteiger partial charge in [-0.25, -0.2) is 4.63 Å². The molecule has 0 radical (unpaired) electrons. The molecule has 0 bridgehead atoms. The largest absolute Gasteiger partial charge is 0.389 e. The summed E-state index contributed by atoms with van der Waals surface area (Å²) < 4.78 is 9.81. The summed E-state index contributed by atoms with van der Waals surface area (Å²) in [5.41, 5.74) is 1.93. The standard InChI is InChI=1S/C18H24N4O4/c1-25-12-16(23)22-8-6-18(24)5-7-21(10-14(18)11-22)9-13-3-2-4-15-17(13)20-26-19-15/h2-4,14,24H,5-12H2,1H3/t14-,18-/m0/s1. The average molecular weight is 360 g/mol. The van der Waals surface area contributed by atoms with E-state index in [-0.39, 0.29) is 18.4 Å². The number of aliphatic hydroxyl groups is 1. The van der Waals surface area contributed by atoms with Gasteiger partial charge in [-0.3, -0.25) is 9.69 Å². The fraction of sp³-hybridized carbons (Fsp3) is 0.611. The van der Waals surface area contributed by atoms with Crippen LogP contribution in [0.4, 0.5) is 0 Å². The predicted molar refractivity (Wildman–Crippen MR) is 93.2 cm³/mol. The van der Waals surface area contributed by atoms with Crippen LogP contribution in [0.25, 0.3) is 11.0 Å². The monoisotopic (exact) mass is 360 g/mol. The van der Waals surface area contributed by atoms with Crippen molar-refractivity contribution in [2.24, 2.45) is 5.92 Å². The fourth-order valence-electron chi connectivity index (χ4n) is 4.19. The van der Waals surface area contributed by atoms with Gasteiger partial charge in [0.25, 0.3) is 0 Å². The van der Waals surface area contributed by atoms with Crippen molar-refractivity contribution in [2.45, 2.75) is 25.0 Å². The van der Waals surface area contributed by atoms with E-state index in [1.54, 1.807) is 0 Å². The number of ether oxygens (including phenoxy) is 1. The minimum atomic E-state index is -0.679. The minimum absolute atomic E-state index is 0.00915. The fourth-order valence-corrected chi connectivity index (χ4v) is 4.19. The Kier molecular flexibility index (Phi) is 4.64. The first-order chi connectivity index (χ1) is 12.6. The molecule has 8 heteroatoms. The van der Waals surface area contributed by atoms with Gasteiger partial charge in [0.05, 0.1) is 5.60 Å². The lowest BCUT2D eigenvalue weighted by atomic mass is 9.75. The van der Waals surface area contributed by atoms with Crippen molar-refractivity contribution in [3.63, 3.8) is 0 Å². The van der Waals surface area contributed by atoms with Crippen LogP contribution in [0.2, 0.25) is 0 Å². The van der Waals surface area contributed by atoms with E-state index in [0.29, 0.717) is 19.5 Å². The number of fused-ring (bicyclic) bond motifs is 2. The third kappa shape index (κ3) is 3.20. The number of carbonyl (C=O) groups is 1. The average Bonchev–Trinajstić information content (AvgIpc) is 3.11. The molecule has 0 spiro atoms. The van der Waals surface area contributed by atoms with Gasteiger partial charge in [-0.1, -0.05) is 12.1 Å². The molecule has 1 aromatic carbocycles. The van der Waals surface area contributed by atoms with Gasteiger partial charge >= 0.3 is 0 Å². The van der Waals surface area contributed by atoms with Crippen LogP contribution in [0.3, 0.4) is 0 Å². The van der Waals surface area contributed by atoms with E-state index >= 15 is 0 Å². The molecule has 2 saturated heterocycles. The molecule has 1 N–H and O–H groups in total. The van der Waals surface area contributed by atoms with Crippen LogP contribution in [0, 0.1) is 5.92 Å². The van der Waals surface area contributed by atoms with E-state index in [4.69, 9.17) is 9.37 Å². The number of amides is 1. The van der Waals surface area contributed by atoms with Gasteiger partial charge in [0.1, 0.15) is 17.6 Å². The number of likely N-dealkylation sites (tertiary alicyclic amines) is 2. The molecule has 1 aromatic heterocycles. The molecule has 2 fully saturated rings. The first-order valence-electron chi connectivity index (χ1n) is 9.01. The number of piperidine rings is 2. The van der Waals surface area contributed by atoms with Crippen molar-refractivity contribution >= 4 is 16.9 Å². The zero-order valence-electron chi connectivity index (χ0n) is 14.9. The lowest BCUT2D eigenvalue weighted by molar-refractivity contribution is -0.150. The topological polar surface area (TPSA) is 91.9 Å². The van der Waals surface area contributed by atoms with Gasteiger partial charge in [0.15, 0.2) is 0 Å². The van der Waals surface area contributed by atoms with Crippen LogP contribution in [0.1, 0.15) is 18.4 Å². The van der Waals surface area contributed by atoms with Crippen molar-refractivity contribution < 1.29 is 19.3 Å². The van der Waals surface area contributed by atoms with Gasteiger partial charge in [0.2, 0.25) is 5.91 Å². The summed E-state index contributed by atoms with van der Waals surface area (Å²) in [7, 11) is 1.53. The summed E-state index contributed by atoms with van der Waals surface area (Å²) >= 11 is 0. The Morgan fingerprint density at radius 1 is 1.35 bits per heavy atom. The highest BCUT2D eigenvalue weighted by Gasteiger charge is 2.45. The molecule has 140 valence electrons. The lowest BCUT2D eigenvalue weighted by Crippen LogP contribution is -2.60. The maximum atomic E-state index is 12.1. The number of benzene rings is 1. The van der Waals surface area contributed by atoms with E-state index < -0.39 is 5.60 Å². The van der Waals surface area contributed by atoms with Gasteiger partial charge in [-0.2, -0.15) is 0 Å². The Bertz CT molecular complexity index is 794. The molecule has 0 unspecified atom stereocenters. The third-order valence-electron chi connectivity index (χ3n) is 5.74. The van der Waals surface area contributed by atoms with E-state index in [0.717, 1.165) is 42.7 Å². The number of carbonyl (C=O) groups excluding carboxylic acids is 1. The van der Waals surface area contributed by atoms with Crippen LogP contribution in [0.5, 0.6) is 0 Å². The van der Waals surface area contributed by atoms with Crippen molar-refractivity contribution in [2.75, 3.05) is 39.9 Å². The highest BCUT2D eigenvalue weighted by atomic mass is 16.6. The highest BCUT2D eigenvalue weighted by molar-refractivity contribution is 5.77. The molecular weight excluding hydrogens is 336 g/mol. The number of aromatic nitrogens is 2. The Hall–Kier alpha value is -2.03. The molecule has 4 rings (SSSR count). The molecular formula is C18H24N4O4. The second kappa shape index (κ2) is 6.94. The maximum absolute atomic E-state index is 12.1. The Labute approximate surface area is 151 Å². The maximum Gasteiger partial charge on any atom is 0.248 e. The second-order valence-corrected chi connectivity index (χ2v) is 7.36. The Balaban J connectivity index is 1.46. The molecule has 2 aliphatic rings. The quantitative estimate of drug-likeness (QED) is 0.856. The zero-order valence-corrected chi connectivity index (χ0v) is 14.9. The Morgan fingerprint density at radius 2 is 2.19 bits per heavy atom. The van der Waals surface area contributed by atoms with Crippen molar-refractivity contribution in [1.29, 1.82) is 0 Å². The summed E-state index contributed by atoms with van der Waals surface area (Å²) in [5.74, 6) is 0.0329. The zero-order chi connectivity index (χ0) is 18.1. The van der Waals surface area contributed by atoms with Crippen molar-refractivity contribution in [3.05, 3.63) is 23.8 Å². The molecule has 26 heavy (non-hydrogen) atoms. The lowest BCUT2D eigenvalue weighted by Gasteiger charge is -2.50. The molecule has 0 aliphatic carbocycles. The predicted octanol–water partition coefficient (Wildman–Crippen LogP) is 0.654. The normalized spacial score (nSPS) is 26.8. The molecule has 2 aromatic rings. The second-order valence-electron chi connectivity index (χ2n) is 7.36. The van der Waals surface area contributed by atoms with Gasteiger partial charge in [-0.15, -0.1) is 0 Å². The van der Waals surface area contributed by atoms with Crippen molar-refractivity contribution in [3.8, 4) is 0 Å². The smallest absolute Gasteiger partial charge is 0.248 e. The minimum Gasteiger partial charge on any atom is -0.389 e. The van der Waals surface area contributed by atoms with Crippen LogP contribution in [-0.4, -0.2) is 76.6 Å². The first kappa shape index (κ1) is 17.4. The van der Waals surface area contributed by atoms with Gasteiger partial charge in [-0.05, 0) is 34.8 Å². The van der Waals surface area contributed by atoms with Gasteiger partial charge in [0, 0.05) is 45.8 Å². The number of nitrogens with zero attached hydrogens (tertiary/aromatic N) is 4. The van der Waals surface area contributed by atoms with Crippen LogP contribution in [0.15, 0.2) is 22.8 Å². The van der Waals surface area contributed by atoms with Crippen LogP contribution >= 0.6 is 0 Å².